The normalized spacial score (nSPS) is 12.1. The van der Waals surface area contributed by atoms with Crippen LogP contribution in [0.25, 0.3) is 5.69 Å². The van der Waals surface area contributed by atoms with Crippen LogP contribution in [0.5, 0.6) is 0 Å². The first-order chi connectivity index (χ1) is 8.72. The lowest BCUT2D eigenvalue weighted by atomic mass is 10.3. The molecule has 1 atom stereocenters. The molecule has 0 aliphatic heterocycles. The first-order valence-electron chi connectivity index (χ1n) is 5.23. The fourth-order valence-corrected chi connectivity index (χ4v) is 2.13. The Labute approximate surface area is 108 Å². The molecule has 0 saturated heterocycles. The van der Waals surface area contributed by atoms with Gasteiger partial charge in [0.2, 0.25) is 11.1 Å². The summed E-state index contributed by atoms with van der Waals surface area (Å²) in [7, 11) is 0. The van der Waals surface area contributed by atoms with E-state index in [0.29, 0.717) is 5.16 Å². The summed E-state index contributed by atoms with van der Waals surface area (Å²) in [6.07, 6.45) is 0. The second-order valence-corrected chi connectivity index (χ2v) is 4.79. The first-order valence-corrected chi connectivity index (χ1v) is 6.11. The van der Waals surface area contributed by atoms with Crippen LogP contribution in [0.3, 0.4) is 0 Å². The molecule has 0 aliphatic carbocycles. The molecular formula is C10H12N6OS. The fraction of sp³-hybridized carbons (Fsp3) is 0.200. The van der Waals surface area contributed by atoms with Gasteiger partial charge in [0, 0.05) is 0 Å². The van der Waals surface area contributed by atoms with E-state index in [9.17, 15) is 4.79 Å². The Bertz CT molecular complexity index is 528. The van der Waals surface area contributed by atoms with Crippen molar-refractivity contribution < 1.29 is 4.79 Å². The van der Waals surface area contributed by atoms with Crippen LogP contribution in [0.4, 0.5) is 0 Å². The van der Waals surface area contributed by atoms with E-state index in [1.165, 1.54) is 11.8 Å². The Hall–Kier alpha value is -1.93. The van der Waals surface area contributed by atoms with Gasteiger partial charge in [-0.15, -0.1) is 5.10 Å². The summed E-state index contributed by atoms with van der Waals surface area (Å²) in [5.41, 5.74) is 2.94. The molecule has 0 radical (unpaired) electrons. The van der Waals surface area contributed by atoms with E-state index in [4.69, 9.17) is 5.84 Å². The second kappa shape index (κ2) is 5.61. The van der Waals surface area contributed by atoms with Gasteiger partial charge >= 0.3 is 0 Å². The molecule has 1 heterocycles. The number of aromatic nitrogens is 4. The third kappa shape index (κ3) is 2.66. The number of nitrogens with two attached hydrogens (primary N) is 1. The lowest BCUT2D eigenvalue weighted by molar-refractivity contribution is -0.120. The molecule has 0 spiro atoms. The Morgan fingerprint density at radius 3 is 2.83 bits per heavy atom. The Morgan fingerprint density at radius 2 is 2.17 bits per heavy atom. The molecular weight excluding hydrogens is 252 g/mol. The van der Waals surface area contributed by atoms with Crippen LogP contribution < -0.4 is 11.3 Å². The zero-order chi connectivity index (χ0) is 13.0. The summed E-state index contributed by atoms with van der Waals surface area (Å²) in [5.74, 6) is 4.80. The van der Waals surface area contributed by atoms with Gasteiger partial charge in [0.1, 0.15) is 0 Å². The maximum Gasteiger partial charge on any atom is 0.247 e. The zero-order valence-corrected chi connectivity index (χ0v) is 10.5. The maximum absolute atomic E-state index is 11.4. The number of benzene rings is 1. The summed E-state index contributed by atoms with van der Waals surface area (Å²) in [4.78, 5) is 11.4. The van der Waals surface area contributed by atoms with Gasteiger partial charge in [0.15, 0.2) is 0 Å². The Morgan fingerprint density at radius 1 is 1.44 bits per heavy atom. The van der Waals surface area contributed by atoms with E-state index >= 15 is 0 Å². The highest BCUT2D eigenvalue weighted by Gasteiger charge is 2.18. The summed E-state index contributed by atoms with van der Waals surface area (Å²) in [6, 6.07) is 9.45. The lowest BCUT2D eigenvalue weighted by Crippen LogP contribution is -2.36. The van der Waals surface area contributed by atoms with E-state index in [0.717, 1.165) is 5.69 Å². The molecule has 1 aromatic carbocycles. The van der Waals surface area contributed by atoms with Gasteiger partial charge in [-0.2, -0.15) is 4.68 Å². The predicted octanol–water partition coefficient (Wildman–Crippen LogP) is 0.133. The zero-order valence-electron chi connectivity index (χ0n) is 9.65. The standard InChI is InChI=1S/C10H12N6OS/c1-7(9(17)12-11)18-10-13-14-15-16(10)8-5-3-2-4-6-8/h2-7H,11H2,1H3,(H,12,17)/t7-/m1/s1. The van der Waals surface area contributed by atoms with Crippen molar-refractivity contribution in [2.75, 3.05) is 0 Å². The number of nitrogens with one attached hydrogen (secondary N) is 1. The molecule has 94 valence electrons. The van der Waals surface area contributed by atoms with E-state index in [-0.39, 0.29) is 11.2 Å². The highest BCUT2D eigenvalue weighted by atomic mass is 32.2. The van der Waals surface area contributed by atoms with Crippen LogP contribution in [-0.2, 0) is 4.79 Å². The molecule has 0 aliphatic rings. The molecule has 7 nitrogen and oxygen atoms in total. The number of para-hydroxylation sites is 1. The SMILES string of the molecule is C[C@@H](Sc1nnnn1-c1ccccc1)C(=O)NN. The first kappa shape index (κ1) is 12.5. The van der Waals surface area contributed by atoms with Gasteiger partial charge in [-0.05, 0) is 29.5 Å². The average Bonchev–Trinajstić information content (AvgIpc) is 2.86. The van der Waals surface area contributed by atoms with Crippen LogP contribution in [-0.4, -0.2) is 31.4 Å². The summed E-state index contributed by atoms with van der Waals surface area (Å²) < 4.78 is 1.57. The van der Waals surface area contributed by atoms with Gasteiger partial charge < -0.3 is 0 Å². The molecule has 0 unspecified atom stereocenters. The number of nitrogens with zero attached hydrogens (tertiary/aromatic N) is 4. The number of amides is 1. The minimum absolute atomic E-state index is 0.275. The number of carbonyl (C=O) groups is 1. The van der Waals surface area contributed by atoms with Crippen LogP contribution >= 0.6 is 11.8 Å². The second-order valence-electron chi connectivity index (χ2n) is 3.48. The van der Waals surface area contributed by atoms with E-state index < -0.39 is 0 Å². The Balaban J connectivity index is 2.21. The summed E-state index contributed by atoms with van der Waals surface area (Å²) >= 11 is 1.24. The van der Waals surface area contributed by atoms with E-state index in [2.05, 4.69) is 21.0 Å². The summed E-state index contributed by atoms with van der Waals surface area (Å²) in [5, 5.41) is 11.6. The number of hydrogen-bond donors (Lipinski definition) is 2. The predicted molar refractivity (Wildman–Crippen MR) is 66.8 cm³/mol. The third-order valence-corrected chi connectivity index (χ3v) is 3.27. The molecule has 18 heavy (non-hydrogen) atoms. The topological polar surface area (TPSA) is 98.7 Å². The number of carbonyl (C=O) groups excluding carboxylic acids is 1. The molecule has 0 bridgehead atoms. The highest BCUT2D eigenvalue weighted by molar-refractivity contribution is 8.00. The average molecular weight is 264 g/mol. The highest BCUT2D eigenvalue weighted by Crippen LogP contribution is 2.22. The molecule has 0 saturated carbocycles. The van der Waals surface area contributed by atoms with Crippen LogP contribution in [0, 0.1) is 0 Å². The van der Waals surface area contributed by atoms with Crippen molar-refractivity contribution in [1.29, 1.82) is 0 Å². The molecule has 1 aromatic heterocycles. The number of thioether (sulfide) groups is 1. The molecule has 0 fully saturated rings. The van der Waals surface area contributed by atoms with Crippen LogP contribution in [0.2, 0.25) is 0 Å². The smallest absolute Gasteiger partial charge is 0.247 e. The largest absolute Gasteiger partial charge is 0.293 e. The molecule has 8 heteroatoms. The minimum atomic E-state index is -0.372. The van der Waals surface area contributed by atoms with Crippen molar-refractivity contribution in [3.63, 3.8) is 0 Å². The van der Waals surface area contributed by atoms with Gasteiger partial charge in [0.05, 0.1) is 10.9 Å². The summed E-state index contributed by atoms with van der Waals surface area (Å²) in [6.45, 7) is 1.73. The monoisotopic (exact) mass is 264 g/mol. The van der Waals surface area contributed by atoms with E-state index in [1.807, 2.05) is 30.3 Å². The van der Waals surface area contributed by atoms with E-state index in [1.54, 1.807) is 11.6 Å². The Kier molecular flexibility index (Phi) is 3.90. The minimum Gasteiger partial charge on any atom is -0.293 e. The van der Waals surface area contributed by atoms with Gasteiger partial charge in [-0.3, -0.25) is 10.2 Å². The van der Waals surface area contributed by atoms with Crippen molar-refractivity contribution in [2.24, 2.45) is 5.84 Å². The quantitative estimate of drug-likeness (QED) is 0.352. The van der Waals surface area contributed by atoms with Gasteiger partial charge in [-0.25, -0.2) is 5.84 Å². The van der Waals surface area contributed by atoms with Crippen LogP contribution in [0.1, 0.15) is 6.92 Å². The molecule has 2 aromatic rings. The lowest BCUT2D eigenvalue weighted by Gasteiger charge is -2.08. The number of hydrogen-bond acceptors (Lipinski definition) is 6. The molecule has 3 N–H and O–H groups in total. The number of tetrazole rings is 1. The van der Waals surface area contributed by atoms with Crippen molar-refractivity contribution >= 4 is 17.7 Å². The van der Waals surface area contributed by atoms with Crippen molar-refractivity contribution in [3.05, 3.63) is 30.3 Å². The third-order valence-electron chi connectivity index (χ3n) is 2.24. The molecule has 2 rings (SSSR count). The van der Waals surface area contributed by atoms with Crippen molar-refractivity contribution in [2.45, 2.75) is 17.3 Å². The fourth-order valence-electron chi connectivity index (χ4n) is 1.31. The van der Waals surface area contributed by atoms with Crippen LogP contribution in [0.15, 0.2) is 35.5 Å². The van der Waals surface area contributed by atoms with Gasteiger partial charge in [-0.1, -0.05) is 30.0 Å². The van der Waals surface area contributed by atoms with Gasteiger partial charge in [0.25, 0.3) is 0 Å². The molecule has 1 amide bonds. The van der Waals surface area contributed by atoms with Crippen molar-refractivity contribution in [1.82, 2.24) is 25.6 Å². The number of rotatable bonds is 4. The maximum atomic E-state index is 11.4. The van der Waals surface area contributed by atoms with Crippen molar-refractivity contribution in [3.8, 4) is 5.69 Å². The number of hydrazine groups is 1.